The molecule has 1 saturated heterocycles. The smallest absolute Gasteiger partial charge is 0.202 e. The van der Waals surface area contributed by atoms with Gasteiger partial charge in [-0.25, -0.2) is 0 Å². The van der Waals surface area contributed by atoms with Gasteiger partial charge in [0, 0.05) is 46.5 Å². The van der Waals surface area contributed by atoms with Crippen LogP contribution in [0.1, 0.15) is 96.0 Å². The lowest BCUT2D eigenvalue weighted by atomic mass is 9.72. The second-order valence-electron chi connectivity index (χ2n) is 12.0. The van der Waals surface area contributed by atoms with Gasteiger partial charge in [0.25, 0.3) is 0 Å². The monoisotopic (exact) mass is 738 g/mol. The van der Waals surface area contributed by atoms with E-state index in [4.69, 9.17) is 23.7 Å². The van der Waals surface area contributed by atoms with Crippen molar-refractivity contribution in [2.45, 2.75) is 93.6 Å². The first-order chi connectivity index (χ1) is 21.3. The number of alkyl halides is 1. The van der Waals surface area contributed by atoms with Crippen LogP contribution in [0.15, 0.2) is 18.2 Å². The Balaban J connectivity index is 1.50. The topological polar surface area (TPSA) is 158 Å². The number of aromatic hydroxyl groups is 2. The number of fused-ring (bicyclic) bond motifs is 3. The highest BCUT2D eigenvalue weighted by Gasteiger charge is 2.49. The molecular weight excluding hydrogens is 699 g/mol. The minimum atomic E-state index is -1.97. The number of benzene rings is 2. The van der Waals surface area contributed by atoms with Crippen LogP contribution in [-0.4, -0.2) is 87.1 Å². The maximum absolute atomic E-state index is 13.8. The summed E-state index contributed by atoms with van der Waals surface area (Å²) < 4.78 is 29.7. The molecule has 2 aromatic carbocycles. The normalized spacial score (nSPS) is 28.2. The third-order valence-corrected chi connectivity index (χ3v) is 9.96. The third-order valence-electron chi connectivity index (χ3n) is 8.74. The van der Waals surface area contributed by atoms with Crippen molar-refractivity contribution in [3.63, 3.8) is 0 Å². The van der Waals surface area contributed by atoms with Crippen molar-refractivity contribution in [2.24, 2.45) is 0 Å². The van der Waals surface area contributed by atoms with Crippen LogP contribution in [0.3, 0.4) is 0 Å². The fourth-order valence-electron chi connectivity index (χ4n) is 6.46. The number of aliphatic hydroxyl groups is 1. The molecule has 0 radical (unpaired) electrons. The standard InChI is InChI=1S/C33H39IO11/c1-6-10-42-14-15(2)43-32-16(3)44-23(11-20(32)34)45-22-13-33(40,17(4)35)12-19-25(22)31(39)27-26(29(19)37)28(36)18-8-7-9-21(41-5)24(18)30(27)38/h7-9,15-16,20,22-23,32,37,39-40H,6,10-14H2,1-5H3/t15-,16-,20-,22-,23-,32+,33-/m0/s1. The Bertz CT molecular complexity index is 1490. The van der Waals surface area contributed by atoms with Crippen molar-refractivity contribution >= 4 is 39.9 Å². The summed E-state index contributed by atoms with van der Waals surface area (Å²) in [5.74, 6) is -2.97. The number of hydrogen-bond donors (Lipinski definition) is 3. The third kappa shape index (κ3) is 6.12. The lowest BCUT2D eigenvalue weighted by molar-refractivity contribution is -0.250. The zero-order valence-electron chi connectivity index (χ0n) is 25.9. The summed E-state index contributed by atoms with van der Waals surface area (Å²) in [6.07, 6.45) is -2.19. The van der Waals surface area contributed by atoms with Crippen molar-refractivity contribution in [1.82, 2.24) is 0 Å². The molecule has 7 atom stereocenters. The number of Topliss-reactive ketones (excluding diaryl/α,β-unsaturated/α-hetero) is 1. The highest BCUT2D eigenvalue weighted by molar-refractivity contribution is 14.1. The Hall–Kier alpha value is -2.62. The summed E-state index contributed by atoms with van der Waals surface area (Å²) in [6, 6.07) is 4.51. The van der Waals surface area contributed by atoms with Crippen LogP contribution < -0.4 is 4.74 Å². The van der Waals surface area contributed by atoms with Crippen LogP contribution in [0.5, 0.6) is 17.2 Å². The zero-order chi connectivity index (χ0) is 32.8. The summed E-state index contributed by atoms with van der Waals surface area (Å²) in [5, 5.41) is 34.6. The van der Waals surface area contributed by atoms with Crippen molar-refractivity contribution in [3.8, 4) is 17.2 Å². The minimum absolute atomic E-state index is 0.00707. The molecule has 3 N–H and O–H groups in total. The molecule has 0 unspecified atom stereocenters. The van der Waals surface area contributed by atoms with E-state index >= 15 is 0 Å². The highest BCUT2D eigenvalue weighted by atomic mass is 127. The van der Waals surface area contributed by atoms with E-state index in [2.05, 4.69) is 22.6 Å². The van der Waals surface area contributed by atoms with Gasteiger partial charge in [-0.2, -0.15) is 0 Å². The van der Waals surface area contributed by atoms with E-state index in [1.165, 1.54) is 26.2 Å². The second kappa shape index (κ2) is 13.2. The van der Waals surface area contributed by atoms with Crippen LogP contribution in [0.4, 0.5) is 0 Å². The lowest BCUT2D eigenvalue weighted by Gasteiger charge is -2.43. The van der Waals surface area contributed by atoms with Gasteiger partial charge in [-0.15, -0.1) is 0 Å². The summed E-state index contributed by atoms with van der Waals surface area (Å²) in [5.41, 5.74) is -2.78. The maximum atomic E-state index is 13.8. The lowest BCUT2D eigenvalue weighted by Crippen LogP contribution is -2.50. The summed E-state index contributed by atoms with van der Waals surface area (Å²) in [4.78, 5) is 40.2. The zero-order valence-corrected chi connectivity index (χ0v) is 28.1. The maximum Gasteiger partial charge on any atom is 0.202 e. The van der Waals surface area contributed by atoms with E-state index in [9.17, 15) is 29.7 Å². The average molecular weight is 739 g/mol. The summed E-state index contributed by atoms with van der Waals surface area (Å²) in [6.45, 7) is 8.16. The van der Waals surface area contributed by atoms with Gasteiger partial charge >= 0.3 is 0 Å². The number of hydrogen-bond acceptors (Lipinski definition) is 11. The molecule has 1 fully saturated rings. The molecule has 0 amide bonds. The quantitative estimate of drug-likeness (QED) is 0.118. The molecule has 2 aromatic rings. The summed E-state index contributed by atoms with van der Waals surface area (Å²) in [7, 11) is 1.36. The predicted octanol–water partition coefficient (Wildman–Crippen LogP) is 4.34. The number of halogens is 1. The Morgan fingerprint density at radius 3 is 2.51 bits per heavy atom. The van der Waals surface area contributed by atoms with Gasteiger partial charge in [-0.3, -0.25) is 14.4 Å². The fourth-order valence-corrected chi connectivity index (χ4v) is 7.62. The fraction of sp³-hybridized carbons (Fsp3) is 0.545. The first-order valence-corrected chi connectivity index (χ1v) is 16.4. The van der Waals surface area contributed by atoms with Crippen LogP contribution >= 0.6 is 22.6 Å². The van der Waals surface area contributed by atoms with Gasteiger partial charge in [0.05, 0.1) is 54.8 Å². The number of rotatable bonds is 10. The van der Waals surface area contributed by atoms with Gasteiger partial charge < -0.3 is 39.0 Å². The summed E-state index contributed by atoms with van der Waals surface area (Å²) >= 11 is 2.28. The van der Waals surface area contributed by atoms with Crippen molar-refractivity contribution in [2.75, 3.05) is 20.3 Å². The second-order valence-corrected chi connectivity index (χ2v) is 13.6. The Kier molecular flexibility index (Phi) is 9.93. The van der Waals surface area contributed by atoms with Gasteiger partial charge in [0.15, 0.2) is 17.9 Å². The first-order valence-electron chi connectivity index (χ1n) is 15.1. The molecule has 45 heavy (non-hydrogen) atoms. The van der Waals surface area contributed by atoms with Crippen LogP contribution in [-0.2, 0) is 30.2 Å². The predicted molar refractivity (Wildman–Crippen MR) is 170 cm³/mol. The van der Waals surface area contributed by atoms with Crippen molar-refractivity contribution in [3.05, 3.63) is 51.6 Å². The molecular formula is C33H39IO11. The Morgan fingerprint density at radius 1 is 1.16 bits per heavy atom. The molecule has 11 nitrogen and oxygen atoms in total. The van der Waals surface area contributed by atoms with E-state index < -0.39 is 58.5 Å². The van der Waals surface area contributed by atoms with Crippen LogP contribution in [0, 0.1) is 0 Å². The van der Waals surface area contributed by atoms with E-state index in [1.54, 1.807) is 6.07 Å². The van der Waals surface area contributed by atoms with E-state index in [0.29, 0.717) is 19.6 Å². The van der Waals surface area contributed by atoms with Crippen molar-refractivity contribution in [1.29, 1.82) is 0 Å². The van der Waals surface area contributed by atoms with Gasteiger partial charge in [-0.05, 0) is 33.3 Å². The number of carbonyl (C=O) groups is 3. The number of methoxy groups -OCH3 is 1. The molecule has 12 heteroatoms. The molecule has 0 spiro atoms. The first kappa shape index (κ1) is 33.7. The van der Waals surface area contributed by atoms with Crippen LogP contribution in [0.25, 0.3) is 0 Å². The molecule has 3 aliphatic rings. The van der Waals surface area contributed by atoms with Gasteiger partial charge in [0.2, 0.25) is 5.78 Å². The molecule has 0 saturated carbocycles. The number of ketones is 3. The largest absolute Gasteiger partial charge is 0.507 e. The van der Waals surface area contributed by atoms with E-state index in [0.717, 1.165) is 6.42 Å². The molecule has 5 rings (SSSR count). The van der Waals surface area contributed by atoms with E-state index in [-0.39, 0.29) is 62.5 Å². The number of carbonyl (C=O) groups excluding carboxylic acids is 3. The molecule has 0 bridgehead atoms. The molecule has 1 heterocycles. The van der Waals surface area contributed by atoms with Crippen LogP contribution in [0.2, 0.25) is 0 Å². The van der Waals surface area contributed by atoms with Crippen molar-refractivity contribution < 1.29 is 53.4 Å². The SMILES string of the molecule is CCCOC[C@H](C)O[C@@H]1[C@H](C)O[C@@H](O[C@H]2C[C@](O)(C(C)=O)Cc3c(O)c4c(c(O)c32)C(=O)c2c(OC)cccc2C4=O)C[C@@H]1I. The number of phenols is 2. The molecule has 1 aliphatic heterocycles. The van der Waals surface area contributed by atoms with E-state index in [1.807, 2.05) is 20.8 Å². The number of phenolic OH excluding ortho intramolecular Hbond substituents is 2. The Labute approximate surface area is 275 Å². The van der Waals surface area contributed by atoms with Gasteiger partial charge in [-0.1, -0.05) is 41.6 Å². The number of ether oxygens (including phenoxy) is 5. The molecule has 2 aliphatic carbocycles. The molecule has 0 aromatic heterocycles. The highest BCUT2D eigenvalue weighted by Crippen LogP contribution is 2.52. The molecule has 244 valence electrons. The van der Waals surface area contributed by atoms with Gasteiger partial charge in [0.1, 0.15) is 22.8 Å². The minimum Gasteiger partial charge on any atom is -0.507 e. The Morgan fingerprint density at radius 2 is 1.87 bits per heavy atom. The average Bonchev–Trinajstić information content (AvgIpc) is 2.99.